The topological polar surface area (TPSA) is 109 Å². The van der Waals surface area contributed by atoms with E-state index >= 15 is 0 Å². The Balaban J connectivity index is 1.77. The lowest BCUT2D eigenvalue weighted by atomic mass is 10.0. The lowest BCUT2D eigenvalue weighted by molar-refractivity contribution is 0.0563. The lowest BCUT2D eigenvalue weighted by Gasteiger charge is -2.37. The SMILES string of the molecule is COc1ccccc1-c1ccc2c(c1)O[C@H](CN(C)C(=O)c1ccncc1)[C@@H](C)CN([C@H](C)CO)S2(=O)=O. The zero-order valence-electron chi connectivity index (χ0n) is 21.9. The van der Waals surface area contributed by atoms with Crippen molar-refractivity contribution in [3.05, 3.63) is 72.6 Å². The molecule has 1 N–H and O–H groups in total. The Morgan fingerprint density at radius 2 is 1.92 bits per heavy atom. The molecule has 0 spiro atoms. The highest BCUT2D eigenvalue weighted by Gasteiger charge is 2.38. The number of amides is 1. The summed E-state index contributed by atoms with van der Waals surface area (Å²) in [6.07, 6.45) is 2.59. The molecule has 38 heavy (non-hydrogen) atoms. The standard InChI is InChI=1S/C28H33N3O6S/c1-19-16-31(20(2)18-32)38(34,35)27-10-9-22(23-7-5-6-8-24(23)36-4)15-25(27)37-26(19)17-30(3)28(33)21-11-13-29-14-12-21/h5-15,19-20,26,32H,16-18H2,1-4H3/t19-,20+,26+/m0/s1. The summed E-state index contributed by atoms with van der Waals surface area (Å²) in [5.74, 6) is 0.338. The number of nitrogens with zero attached hydrogens (tertiary/aromatic N) is 3. The predicted molar refractivity (Wildman–Crippen MR) is 144 cm³/mol. The van der Waals surface area contributed by atoms with Crippen LogP contribution in [0.15, 0.2) is 71.9 Å². The number of aromatic nitrogens is 1. The number of sulfonamides is 1. The fraction of sp³-hybridized carbons (Fsp3) is 0.357. The van der Waals surface area contributed by atoms with Crippen LogP contribution in [0.25, 0.3) is 11.1 Å². The van der Waals surface area contributed by atoms with E-state index in [9.17, 15) is 18.3 Å². The number of ether oxygens (including phenoxy) is 2. The van der Waals surface area contributed by atoms with Crippen molar-refractivity contribution in [3.8, 4) is 22.6 Å². The molecular formula is C28H33N3O6S. The molecule has 1 amide bonds. The molecule has 202 valence electrons. The van der Waals surface area contributed by atoms with E-state index in [1.807, 2.05) is 31.2 Å². The normalized spacial score (nSPS) is 19.8. The number of likely N-dealkylation sites (N-methyl/N-ethyl adjacent to an activating group) is 1. The van der Waals surface area contributed by atoms with Gasteiger partial charge in [0, 0.05) is 49.1 Å². The maximum atomic E-state index is 13.8. The maximum absolute atomic E-state index is 13.8. The van der Waals surface area contributed by atoms with Crippen LogP contribution in [0.3, 0.4) is 0 Å². The number of carbonyl (C=O) groups excluding carboxylic acids is 1. The van der Waals surface area contributed by atoms with Crippen LogP contribution < -0.4 is 9.47 Å². The zero-order chi connectivity index (χ0) is 27.4. The number of aliphatic hydroxyl groups excluding tert-OH is 1. The van der Waals surface area contributed by atoms with Gasteiger partial charge in [-0.25, -0.2) is 8.42 Å². The Bertz CT molecular complexity index is 1380. The molecule has 4 rings (SSSR count). The molecule has 0 unspecified atom stereocenters. The summed E-state index contributed by atoms with van der Waals surface area (Å²) in [7, 11) is -0.716. The van der Waals surface area contributed by atoms with Gasteiger partial charge in [-0.2, -0.15) is 4.31 Å². The van der Waals surface area contributed by atoms with E-state index in [-0.39, 0.29) is 42.2 Å². The van der Waals surface area contributed by atoms with Crippen molar-refractivity contribution >= 4 is 15.9 Å². The monoisotopic (exact) mass is 539 g/mol. The first-order chi connectivity index (χ1) is 18.2. The summed E-state index contributed by atoms with van der Waals surface area (Å²) in [4.78, 5) is 18.6. The van der Waals surface area contributed by atoms with E-state index in [4.69, 9.17) is 9.47 Å². The van der Waals surface area contributed by atoms with Crippen molar-refractivity contribution in [3.63, 3.8) is 0 Å². The van der Waals surface area contributed by atoms with Crippen LogP contribution in [0.5, 0.6) is 11.5 Å². The summed E-state index contributed by atoms with van der Waals surface area (Å²) in [6, 6.07) is 15.1. The fourth-order valence-electron chi connectivity index (χ4n) is 4.56. The number of para-hydroxylation sites is 1. The van der Waals surface area contributed by atoms with Crippen LogP contribution in [-0.2, 0) is 10.0 Å². The van der Waals surface area contributed by atoms with E-state index < -0.39 is 22.2 Å². The third-order valence-corrected chi connectivity index (χ3v) is 8.83. The number of rotatable bonds is 7. The molecule has 3 aromatic rings. The highest BCUT2D eigenvalue weighted by Crippen LogP contribution is 2.38. The van der Waals surface area contributed by atoms with Gasteiger partial charge in [-0.15, -0.1) is 0 Å². The van der Waals surface area contributed by atoms with Gasteiger partial charge < -0.3 is 19.5 Å². The van der Waals surface area contributed by atoms with Gasteiger partial charge in [0.1, 0.15) is 22.5 Å². The molecule has 0 saturated carbocycles. The quantitative estimate of drug-likeness (QED) is 0.491. The second-order valence-electron chi connectivity index (χ2n) is 9.52. The van der Waals surface area contributed by atoms with E-state index in [1.54, 1.807) is 62.6 Å². The van der Waals surface area contributed by atoms with Crippen molar-refractivity contribution in [2.75, 3.05) is 33.9 Å². The number of hydrogen-bond donors (Lipinski definition) is 1. The Labute approximate surface area is 223 Å². The Morgan fingerprint density at radius 3 is 2.61 bits per heavy atom. The highest BCUT2D eigenvalue weighted by molar-refractivity contribution is 7.89. The summed E-state index contributed by atoms with van der Waals surface area (Å²) >= 11 is 0. The molecule has 2 heterocycles. The second kappa shape index (κ2) is 11.5. The molecule has 9 nitrogen and oxygen atoms in total. The molecule has 0 aliphatic carbocycles. The van der Waals surface area contributed by atoms with E-state index in [1.165, 1.54) is 10.4 Å². The van der Waals surface area contributed by atoms with E-state index in [0.717, 1.165) is 11.1 Å². The largest absolute Gasteiger partial charge is 0.496 e. The number of benzene rings is 2. The Hall–Kier alpha value is -3.47. The molecule has 1 aromatic heterocycles. The summed E-state index contributed by atoms with van der Waals surface area (Å²) in [5, 5.41) is 9.87. The van der Waals surface area contributed by atoms with Crippen molar-refractivity contribution < 1.29 is 27.8 Å². The minimum atomic E-state index is -3.98. The lowest BCUT2D eigenvalue weighted by Crippen LogP contribution is -2.50. The number of hydrogen-bond acceptors (Lipinski definition) is 7. The minimum absolute atomic E-state index is 0.0106. The van der Waals surface area contributed by atoms with Crippen LogP contribution >= 0.6 is 0 Å². The summed E-state index contributed by atoms with van der Waals surface area (Å²) in [6.45, 7) is 3.58. The number of fused-ring (bicyclic) bond motifs is 1. The van der Waals surface area contributed by atoms with Crippen LogP contribution in [0.2, 0.25) is 0 Å². The molecule has 3 atom stereocenters. The van der Waals surface area contributed by atoms with Crippen LogP contribution in [0, 0.1) is 5.92 Å². The Kier molecular flexibility index (Phi) is 8.35. The average Bonchev–Trinajstić information content (AvgIpc) is 2.94. The average molecular weight is 540 g/mol. The zero-order valence-corrected chi connectivity index (χ0v) is 22.8. The molecule has 2 aromatic carbocycles. The molecule has 10 heteroatoms. The van der Waals surface area contributed by atoms with Crippen LogP contribution in [0.1, 0.15) is 24.2 Å². The first-order valence-electron chi connectivity index (χ1n) is 12.4. The summed E-state index contributed by atoms with van der Waals surface area (Å²) in [5.41, 5.74) is 2.01. The van der Waals surface area contributed by atoms with Crippen LogP contribution in [0.4, 0.5) is 0 Å². The minimum Gasteiger partial charge on any atom is -0.496 e. The van der Waals surface area contributed by atoms with Gasteiger partial charge in [-0.1, -0.05) is 31.2 Å². The Morgan fingerprint density at radius 1 is 1.21 bits per heavy atom. The molecule has 0 saturated heterocycles. The van der Waals surface area contributed by atoms with Gasteiger partial charge >= 0.3 is 0 Å². The predicted octanol–water partition coefficient (Wildman–Crippen LogP) is 3.30. The number of aliphatic hydroxyl groups is 1. The second-order valence-corrected chi connectivity index (χ2v) is 11.4. The van der Waals surface area contributed by atoms with Crippen molar-refractivity contribution in [1.29, 1.82) is 0 Å². The number of carbonyl (C=O) groups is 1. The van der Waals surface area contributed by atoms with Crippen molar-refractivity contribution in [2.24, 2.45) is 5.92 Å². The molecule has 0 bridgehead atoms. The van der Waals surface area contributed by atoms with Crippen LogP contribution in [-0.4, -0.2) is 79.6 Å². The van der Waals surface area contributed by atoms with Gasteiger partial charge in [0.25, 0.3) is 5.91 Å². The van der Waals surface area contributed by atoms with E-state index in [2.05, 4.69) is 4.98 Å². The number of pyridine rings is 1. The third-order valence-electron chi connectivity index (χ3n) is 6.81. The fourth-order valence-corrected chi connectivity index (χ4v) is 6.39. The molecule has 0 radical (unpaired) electrons. The molecule has 1 aliphatic heterocycles. The molecular weight excluding hydrogens is 506 g/mol. The molecule has 1 aliphatic rings. The van der Waals surface area contributed by atoms with Gasteiger partial charge in [0.15, 0.2) is 0 Å². The molecule has 0 fully saturated rings. The first kappa shape index (κ1) is 27.6. The third kappa shape index (κ3) is 5.52. The summed E-state index contributed by atoms with van der Waals surface area (Å²) < 4.78 is 40.8. The smallest absolute Gasteiger partial charge is 0.253 e. The van der Waals surface area contributed by atoms with E-state index in [0.29, 0.717) is 11.3 Å². The van der Waals surface area contributed by atoms with Gasteiger partial charge in [0.05, 0.1) is 20.3 Å². The van der Waals surface area contributed by atoms with Crippen molar-refractivity contribution in [1.82, 2.24) is 14.2 Å². The van der Waals surface area contributed by atoms with Gasteiger partial charge in [-0.3, -0.25) is 9.78 Å². The van der Waals surface area contributed by atoms with Gasteiger partial charge in [-0.05, 0) is 42.8 Å². The maximum Gasteiger partial charge on any atom is 0.253 e. The number of methoxy groups -OCH3 is 1. The van der Waals surface area contributed by atoms with Gasteiger partial charge in [0.2, 0.25) is 10.0 Å². The van der Waals surface area contributed by atoms with Crippen molar-refractivity contribution in [2.45, 2.75) is 30.9 Å². The first-order valence-corrected chi connectivity index (χ1v) is 13.8. The highest BCUT2D eigenvalue weighted by atomic mass is 32.2.